The number of hydrogen-bond acceptors (Lipinski definition) is 6. The molecule has 0 aliphatic heterocycles. The lowest BCUT2D eigenvalue weighted by atomic mass is 11.4. The molecular weight excluding hydrogens is 188 g/mol. The number of rotatable bonds is 6. The quantitative estimate of drug-likeness (QED) is 0.303. The molecule has 0 saturated heterocycles. The van der Waals surface area contributed by atoms with Crippen molar-refractivity contribution in [1.82, 2.24) is 10.3 Å². The van der Waals surface area contributed by atoms with Crippen molar-refractivity contribution in [2.45, 2.75) is 0 Å². The van der Waals surface area contributed by atoms with Gasteiger partial charge in [-0.05, 0) is 0 Å². The normalized spacial score (nSPS) is 9.38. The highest BCUT2D eigenvalue weighted by Crippen LogP contribution is 1.89. The van der Waals surface area contributed by atoms with E-state index in [-0.39, 0.29) is 10.3 Å². The van der Waals surface area contributed by atoms with Gasteiger partial charge in [-0.15, -0.1) is 0 Å². The largest absolute Gasteiger partial charge is 0.233 e. The van der Waals surface area contributed by atoms with E-state index in [0.717, 1.165) is 14.1 Å². The molecule has 0 aromatic rings. The topological polar surface area (TPSA) is 111 Å². The molecule has 0 aliphatic carbocycles. The van der Waals surface area contributed by atoms with Gasteiger partial charge in [-0.3, -0.25) is 0 Å². The molecule has 0 amide bonds. The van der Waals surface area contributed by atoms with Gasteiger partial charge < -0.3 is 0 Å². The van der Waals surface area contributed by atoms with Gasteiger partial charge in [0.25, 0.3) is 0 Å². The molecule has 13 heavy (non-hydrogen) atoms. The highest BCUT2D eigenvalue weighted by atomic mass is 16.9. The molecule has 0 fully saturated rings. The van der Waals surface area contributed by atoms with Crippen molar-refractivity contribution in [1.29, 1.82) is 0 Å². The number of hydrazine groups is 2. The van der Waals surface area contributed by atoms with Crippen LogP contribution in [0.25, 0.3) is 0 Å². The smallest absolute Gasteiger partial charge is 0.211 e. The van der Waals surface area contributed by atoms with E-state index in [0.29, 0.717) is 0 Å². The summed E-state index contributed by atoms with van der Waals surface area (Å²) in [6, 6.07) is 0. The summed E-state index contributed by atoms with van der Waals surface area (Å²) in [5.74, 6) is 0. The second-order valence-electron chi connectivity index (χ2n) is 1.78. The molecule has 0 heterocycles. The summed E-state index contributed by atoms with van der Waals surface area (Å²) >= 11 is 0. The van der Waals surface area contributed by atoms with Crippen LogP contribution in [-0.4, -0.2) is 41.3 Å². The molecule has 0 radical (unpaired) electrons. The van der Waals surface area contributed by atoms with E-state index in [1.54, 1.807) is 0 Å². The van der Waals surface area contributed by atoms with Crippen molar-refractivity contribution < 1.29 is 19.7 Å². The fourth-order valence-corrected chi connectivity index (χ4v) is 0.270. The fraction of sp³-hybridized carbons (Fsp3) is 1.00. The van der Waals surface area contributed by atoms with Gasteiger partial charge >= 0.3 is 0 Å². The van der Waals surface area contributed by atoms with Crippen LogP contribution in [0.5, 0.6) is 0 Å². The van der Waals surface area contributed by atoms with E-state index in [1.165, 1.54) is 0 Å². The predicted molar refractivity (Wildman–Crippen MR) is 36.6 cm³/mol. The molecule has 76 valence electrons. The van der Waals surface area contributed by atoms with E-state index in [1.807, 2.05) is 0 Å². The van der Waals surface area contributed by atoms with Crippen molar-refractivity contribution in [2.75, 3.05) is 20.9 Å². The Hall–Kier alpha value is -1.68. The average molecular weight is 196 g/mol. The molecule has 0 saturated carbocycles. The Morgan fingerprint density at radius 2 is 1.38 bits per heavy atom. The maximum Gasteiger partial charge on any atom is 0.211 e. The molecule has 0 unspecified atom stereocenters. The lowest BCUT2D eigenvalue weighted by Gasteiger charge is -2.09. The van der Waals surface area contributed by atoms with Gasteiger partial charge in [0.2, 0.25) is 6.79 Å². The van der Waals surface area contributed by atoms with Crippen molar-refractivity contribution in [3.63, 3.8) is 0 Å². The Morgan fingerprint density at radius 1 is 1.08 bits per heavy atom. The Labute approximate surface area is 72.4 Å². The highest BCUT2D eigenvalue weighted by Gasteiger charge is 2.11. The van der Waals surface area contributed by atoms with E-state index in [2.05, 4.69) is 9.68 Å². The van der Waals surface area contributed by atoms with Crippen LogP contribution in [0, 0.1) is 20.2 Å². The molecule has 0 aliphatic rings. The number of hydroxylamine groups is 2. The van der Waals surface area contributed by atoms with Gasteiger partial charge in [0, 0.05) is 10.3 Å². The SMILES string of the molecule is CN(OCON(C)[N+](=O)[O-])[N+](=O)[O-]. The van der Waals surface area contributed by atoms with Gasteiger partial charge in [-0.2, -0.15) is 9.68 Å². The molecule has 0 aromatic carbocycles. The van der Waals surface area contributed by atoms with Gasteiger partial charge in [-0.25, -0.2) is 20.2 Å². The van der Waals surface area contributed by atoms with Crippen molar-refractivity contribution >= 4 is 0 Å². The lowest BCUT2D eigenvalue weighted by Crippen LogP contribution is -2.31. The van der Waals surface area contributed by atoms with Crippen LogP contribution in [0.4, 0.5) is 0 Å². The minimum Gasteiger partial charge on any atom is -0.233 e. The predicted octanol–water partition coefficient (Wildman–Crippen LogP) is -0.946. The molecule has 0 N–H and O–H groups in total. The zero-order valence-electron chi connectivity index (χ0n) is 6.95. The van der Waals surface area contributed by atoms with E-state index < -0.39 is 16.9 Å². The Morgan fingerprint density at radius 3 is 1.62 bits per heavy atom. The molecule has 10 heteroatoms. The Kier molecular flexibility index (Phi) is 4.40. The van der Waals surface area contributed by atoms with Crippen LogP contribution >= 0.6 is 0 Å². The van der Waals surface area contributed by atoms with Crippen LogP contribution in [-0.2, 0) is 9.68 Å². The summed E-state index contributed by atoms with van der Waals surface area (Å²) in [4.78, 5) is 28.4. The van der Waals surface area contributed by atoms with Crippen molar-refractivity contribution in [3.05, 3.63) is 20.2 Å². The third kappa shape index (κ3) is 4.71. The monoisotopic (exact) mass is 196 g/mol. The summed E-state index contributed by atoms with van der Waals surface area (Å²) in [6.07, 6.45) is 0. The van der Waals surface area contributed by atoms with Gasteiger partial charge in [-0.1, -0.05) is 0 Å². The van der Waals surface area contributed by atoms with Crippen LogP contribution in [0.1, 0.15) is 0 Å². The summed E-state index contributed by atoms with van der Waals surface area (Å²) in [5.41, 5.74) is 0. The van der Waals surface area contributed by atoms with Gasteiger partial charge in [0.1, 0.15) is 0 Å². The molecule has 0 spiro atoms. The van der Waals surface area contributed by atoms with Crippen molar-refractivity contribution in [2.24, 2.45) is 0 Å². The van der Waals surface area contributed by atoms with Crippen LogP contribution in [0.2, 0.25) is 0 Å². The molecular formula is C3H8N4O6. The van der Waals surface area contributed by atoms with Crippen LogP contribution in [0.15, 0.2) is 0 Å². The summed E-state index contributed by atoms with van der Waals surface area (Å²) in [7, 11) is 2.05. The number of nitro groups is 2. The Balaban J connectivity index is 3.56. The second kappa shape index (κ2) is 5.05. The third-order valence-electron chi connectivity index (χ3n) is 0.939. The number of nitrogens with zero attached hydrogens (tertiary/aromatic N) is 4. The summed E-state index contributed by atoms with van der Waals surface area (Å²) in [6.45, 7) is -0.616. The zero-order chi connectivity index (χ0) is 10.4. The average Bonchev–Trinajstić information content (AvgIpc) is 2.03. The highest BCUT2D eigenvalue weighted by molar-refractivity contribution is 4.04. The first-order valence-corrected chi connectivity index (χ1v) is 2.97. The molecule has 0 atom stereocenters. The third-order valence-corrected chi connectivity index (χ3v) is 0.939. The van der Waals surface area contributed by atoms with E-state index in [9.17, 15) is 20.2 Å². The van der Waals surface area contributed by atoms with Crippen LogP contribution < -0.4 is 0 Å². The Bertz CT molecular complexity index is 176. The lowest BCUT2D eigenvalue weighted by molar-refractivity contribution is -0.757. The first kappa shape index (κ1) is 11.3. The minimum absolute atomic E-state index is 0.272. The molecule has 0 aromatic heterocycles. The van der Waals surface area contributed by atoms with Crippen molar-refractivity contribution in [3.8, 4) is 0 Å². The maximum absolute atomic E-state index is 9.91. The minimum atomic E-state index is -0.852. The van der Waals surface area contributed by atoms with E-state index in [4.69, 9.17) is 0 Å². The number of hydrogen-bond donors (Lipinski definition) is 0. The first-order chi connectivity index (χ1) is 5.95. The second-order valence-corrected chi connectivity index (χ2v) is 1.78. The van der Waals surface area contributed by atoms with Gasteiger partial charge in [0.15, 0.2) is 10.1 Å². The van der Waals surface area contributed by atoms with Gasteiger partial charge in [0.05, 0.1) is 14.1 Å². The summed E-state index contributed by atoms with van der Waals surface area (Å²) < 4.78 is 0. The fourth-order valence-electron chi connectivity index (χ4n) is 0.270. The zero-order valence-corrected chi connectivity index (χ0v) is 6.95. The maximum atomic E-state index is 9.91. The molecule has 0 rings (SSSR count). The molecule has 0 bridgehead atoms. The van der Waals surface area contributed by atoms with E-state index >= 15 is 0 Å². The molecule has 10 nitrogen and oxygen atoms in total. The first-order valence-electron chi connectivity index (χ1n) is 2.97. The van der Waals surface area contributed by atoms with Crippen LogP contribution in [0.3, 0.4) is 0 Å². The summed E-state index contributed by atoms with van der Waals surface area (Å²) in [5, 5.41) is 18.7. The standard InChI is InChI=1S/C3H8N4O6/c1-4(6(8)9)12-3-13-5(2)7(10)11/h3H2,1-2H3.